The molecule has 11 nitrogen and oxygen atoms in total. The molecule has 3 rings (SSSR count). The smallest absolute Gasteiger partial charge is 0.266 e. The Bertz CT molecular complexity index is 900. The average molecular weight is 433 g/mol. The molecule has 1 fully saturated rings. The van der Waals surface area contributed by atoms with Crippen LogP contribution in [0.1, 0.15) is 33.6 Å². The van der Waals surface area contributed by atoms with E-state index in [2.05, 4.69) is 10.6 Å². The minimum atomic E-state index is -1.07. The Morgan fingerprint density at radius 1 is 1.16 bits per heavy atom. The van der Waals surface area contributed by atoms with E-state index in [-0.39, 0.29) is 42.9 Å². The summed E-state index contributed by atoms with van der Waals surface area (Å²) in [4.78, 5) is 62.0. The number of benzene rings is 1. The molecule has 2 N–H and O–H groups in total. The molecular formula is C20H23N3O8. The fraction of sp³-hybridized carbons (Fsp3) is 0.450. The summed E-state index contributed by atoms with van der Waals surface area (Å²) in [6.45, 7) is 1.09. The first-order valence-electron chi connectivity index (χ1n) is 9.74. The Hall–Kier alpha value is -3.31. The monoisotopic (exact) mass is 433 g/mol. The number of carbonyl (C=O) groups is 5. The van der Waals surface area contributed by atoms with Crippen LogP contribution in [0.25, 0.3) is 0 Å². The molecule has 1 atom stereocenters. The van der Waals surface area contributed by atoms with Gasteiger partial charge < -0.3 is 19.5 Å². The van der Waals surface area contributed by atoms with Crippen LogP contribution < -0.4 is 15.4 Å². The van der Waals surface area contributed by atoms with Gasteiger partial charge in [-0.1, -0.05) is 6.07 Å². The Morgan fingerprint density at radius 2 is 1.97 bits per heavy atom. The summed E-state index contributed by atoms with van der Waals surface area (Å²) < 4.78 is 15.6. The van der Waals surface area contributed by atoms with Crippen LogP contribution in [0.5, 0.6) is 5.75 Å². The van der Waals surface area contributed by atoms with Crippen LogP contribution in [0, 0.1) is 0 Å². The number of fused-ring (bicyclic) bond motifs is 1. The van der Waals surface area contributed by atoms with Crippen molar-refractivity contribution in [2.24, 2.45) is 0 Å². The third-order valence-corrected chi connectivity index (χ3v) is 4.79. The van der Waals surface area contributed by atoms with Crippen molar-refractivity contribution in [3.8, 4) is 5.75 Å². The van der Waals surface area contributed by atoms with Crippen molar-refractivity contribution in [1.29, 1.82) is 0 Å². The van der Waals surface area contributed by atoms with Crippen LogP contribution in [0.3, 0.4) is 0 Å². The van der Waals surface area contributed by atoms with Gasteiger partial charge in [0.1, 0.15) is 11.8 Å². The lowest BCUT2D eigenvalue weighted by Crippen LogP contribution is -2.54. The number of carbonyl (C=O) groups excluding carboxylic acids is 5. The molecular weight excluding hydrogens is 410 g/mol. The molecule has 1 unspecified atom stereocenters. The van der Waals surface area contributed by atoms with E-state index in [4.69, 9.17) is 14.2 Å². The molecule has 0 aliphatic carbocycles. The van der Waals surface area contributed by atoms with E-state index in [0.29, 0.717) is 19.8 Å². The van der Waals surface area contributed by atoms with Crippen LogP contribution >= 0.6 is 0 Å². The molecule has 11 heteroatoms. The van der Waals surface area contributed by atoms with Gasteiger partial charge in [0.05, 0.1) is 30.9 Å². The number of hydrogen-bond donors (Lipinski definition) is 2. The fourth-order valence-electron chi connectivity index (χ4n) is 3.31. The molecule has 2 aliphatic heterocycles. The van der Waals surface area contributed by atoms with Gasteiger partial charge in [0.2, 0.25) is 11.8 Å². The molecule has 0 bridgehead atoms. The van der Waals surface area contributed by atoms with Gasteiger partial charge in [-0.05, 0) is 18.6 Å². The summed E-state index contributed by atoms with van der Waals surface area (Å²) in [5.74, 6) is -2.84. The highest BCUT2D eigenvalue weighted by molar-refractivity contribution is 6.24. The van der Waals surface area contributed by atoms with Crippen molar-refractivity contribution in [3.05, 3.63) is 29.3 Å². The maximum absolute atomic E-state index is 12.9. The van der Waals surface area contributed by atoms with Gasteiger partial charge in [0, 0.05) is 20.1 Å². The highest BCUT2D eigenvalue weighted by Gasteiger charge is 2.46. The zero-order chi connectivity index (χ0) is 22.4. The minimum absolute atomic E-state index is 0.00658. The lowest BCUT2D eigenvalue weighted by molar-refractivity contribution is -0.136. The third kappa shape index (κ3) is 5.06. The average Bonchev–Trinajstić information content (AvgIpc) is 3.00. The van der Waals surface area contributed by atoms with Crippen molar-refractivity contribution in [2.45, 2.75) is 18.9 Å². The van der Waals surface area contributed by atoms with E-state index in [1.165, 1.54) is 18.2 Å². The third-order valence-electron chi connectivity index (χ3n) is 4.79. The number of methoxy groups -OCH3 is 1. The van der Waals surface area contributed by atoms with Gasteiger partial charge in [-0.3, -0.25) is 34.2 Å². The molecule has 1 saturated heterocycles. The number of piperidine rings is 1. The van der Waals surface area contributed by atoms with Crippen molar-refractivity contribution in [2.75, 3.05) is 40.1 Å². The molecule has 1 aromatic carbocycles. The molecule has 0 saturated carbocycles. The van der Waals surface area contributed by atoms with Crippen LogP contribution in [0.2, 0.25) is 0 Å². The Labute approximate surface area is 178 Å². The standard InChI is InChI=1S/C20H23N3O8/c1-29-9-10-30-8-7-21-16(25)11-31-14-4-2-3-12-17(14)20(28)23(19(12)27)13-5-6-15(24)22-18(13)26/h2-4,13H,5-11H2,1H3,(H,21,25)(H,22,24,26). The maximum atomic E-state index is 12.9. The molecule has 1 aromatic rings. The Balaban J connectivity index is 1.61. The van der Waals surface area contributed by atoms with E-state index in [1.54, 1.807) is 7.11 Å². The molecule has 31 heavy (non-hydrogen) atoms. The zero-order valence-electron chi connectivity index (χ0n) is 17.0. The van der Waals surface area contributed by atoms with E-state index in [0.717, 1.165) is 4.90 Å². The summed E-state index contributed by atoms with van der Waals surface area (Å²) in [6, 6.07) is 3.37. The van der Waals surface area contributed by atoms with Gasteiger partial charge in [0.15, 0.2) is 6.61 Å². The second-order valence-electron chi connectivity index (χ2n) is 6.87. The van der Waals surface area contributed by atoms with Crippen molar-refractivity contribution < 1.29 is 38.2 Å². The number of hydrogen-bond acceptors (Lipinski definition) is 8. The van der Waals surface area contributed by atoms with Gasteiger partial charge in [0.25, 0.3) is 17.7 Å². The van der Waals surface area contributed by atoms with Gasteiger partial charge >= 0.3 is 0 Å². The first-order chi connectivity index (χ1) is 14.9. The van der Waals surface area contributed by atoms with E-state index >= 15 is 0 Å². The van der Waals surface area contributed by atoms with Crippen molar-refractivity contribution >= 4 is 29.5 Å². The lowest BCUT2D eigenvalue weighted by Gasteiger charge is -2.27. The maximum Gasteiger partial charge on any atom is 0.266 e. The normalized spacial score (nSPS) is 18.1. The van der Waals surface area contributed by atoms with Gasteiger partial charge in [-0.25, -0.2) is 0 Å². The predicted molar refractivity (Wildman–Crippen MR) is 104 cm³/mol. The second-order valence-corrected chi connectivity index (χ2v) is 6.87. The highest BCUT2D eigenvalue weighted by Crippen LogP contribution is 2.33. The first kappa shape index (κ1) is 22.4. The molecule has 0 aromatic heterocycles. The first-order valence-corrected chi connectivity index (χ1v) is 9.74. The van der Waals surface area contributed by atoms with E-state index < -0.39 is 35.6 Å². The zero-order valence-corrected chi connectivity index (χ0v) is 17.0. The summed E-state index contributed by atoms with van der Waals surface area (Å²) in [7, 11) is 1.56. The van der Waals surface area contributed by atoms with E-state index in [9.17, 15) is 24.0 Å². The quantitative estimate of drug-likeness (QED) is 0.363. The Kier molecular flexibility index (Phi) is 7.32. The molecule has 2 heterocycles. The molecule has 166 valence electrons. The number of nitrogens with zero attached hydrogens (tertiary/aromatic N) is 1. The number of rotatable bonds is 10. The fourth-order valence-corrected chi connectivity index (χ4v) is 3.31. The highest BCUT2D eigenvalue weighted by atomic mass is 16.5. The molecule has 5 amide bonds. The van der Waals surface area contributed by atoms with Crippen LogP contribution in [-0.4, -0.2) is 80.6 Å². The number of nitrogens with one attached hydrogen (secondary N) is 2. The van der Waals surface area contributed by atoms with Crippen molar-refractivity contribution in [1.82, 2.24) is 15.5 Å². The molecule has 0 radical (unpaired) electrons. The lowest BCUT2D eigenvalue weighted by atomic mass is 10.0. The summed E-state index contributed by atoms with van der Waals surface area (Å²) >= 11 is 0. The van der Waals surface area contributed by atoms with Crippen LogP contribution in [-0.2, 0) is 23.9 Å². The SMILES string of the molecule is COCCOCCNC(=O)COc1cccc2c1C(=O)N(C1CCC(=O)NC1=O)C2=O. The number of imide groups is 2. The molecule has 2 aliphatic rings. The summed E-state index contributed by atoms with van der Waals surface area (Å²) in [6.07, 6.45) is 0.0870. The minimum Gasteiger partial charge on any atom is -0.483 e. The topological polar surface area (TPSA) is 140 Å². The Morgan fingerprint density at radius 3 is 2.71 bits per heavy atom. The van der Waals surface area contributed by atoms with Gasteiger partial charge in [-0.15, -0.1) is 0 Å². The van der Waals surface area contributed by atoms with Crippen molar-refractivity contribution in [3.63, 3.8) is 0 Å². The predicted octanol–water partition coefficient (Wildman–Crippen LogP) is -0.754. The van der Waals surface area contributed by atoms with Gasteiger partial charge in [-0.2, -0.15) is 0 Å². The molecule has 0 spiro atoms. The van der Waals surface area contributed by atoms with Crippen LogP contribution in [0.15, 0.2) is 18.2 Å². The van der Waals surface area contributed by atoms with E-state index in [1.807, 2.05) is 0 Å². The number of amides is 5. The largest absolute Gasteiger partial charge is 0.483 e. The second kappa shape index (κ2) is 10.1. The van der Waals surface area contributed by atoms with Crippen LogP contribution in [0.4, 0.5) is 0 Å². The number of ether oxygens (including phenoxy) is 3. The summed E-state index contributed by atoms with van der Waals surface area (Å²) in [5.41, 5.74) is 0.0760. The summed E-state index contributed by atoms with van der Waals surface area (Å²) in [5, 5.41) is 4.75.